The number of hydrogen-bond acceptors (Lipinski definition) is 4. The molecule has 0 saturated heterocycles. The van der Waals surface area contributed by atoms with E-state index in [-0.39, 0.29) is 17.9 Å². The number of aromatic nitrogens is 4. The molecule has 118 valence electrons. The van der Waals surface area contributed by atoms with Gasteiger partial charge in [-0.05, 0) is 28.2 Å². The van der Waals surface area contributed by atoms with Crippen molar-refractivity contribution in [2.45, 2.75) is 71.8 Å². The van der Waals surface area contributed by atoms with Crippen LogP contribution in [0, 0.1) is 11.3 Å². The van der Waals surface area contributed by atoms with Crippen LogP contribution in [-0.4, -0.2) is 31.3 Å². The summed E-state index contributed by atoms with van der Waals surface area (Å²) in [6, 6.07) is -0.219. The van der Waals surface area contributed by atoms with Crippen LogP contribution in [-0.2, 0) is 11.2 Å². The molecule has 1 fully saturated rings. The molecule has 1 aromatic rings. The van der Waals surface area contributed by atoms with Gasteiger partial charge in [0.15, 0.2) is 5.82 Å². The van der Waals surface area contributed by atoms with Crippen molar-refractivity contribution in [1.29, 1.82) is 0 Å². The molecule has 1 atom stereocenters. The highest BCUT2D eigenvalue weighted by Gasteiger charge is 2.31. The second kappa shape index (κ2) is 6.54. The number of aliphatic carboxylic acids is 1. The number of hydrogen-bond donors (Lipinski definition) is 1. The lowest BCUT2D eigenvalue weighted by Crippen LogP contribution is -2.29. The number of carboxylic acid groups (broad SMARTS) is 1. The zero-order chi connectivity index (χ0) is 15.5. The Morgan fingerprint density at radius 2 is 2.05 bits per heavy atom. The molecule has 6 heteroatoms. The van der Waals surface area contributed by atoms with E-state index in [1.165, 1.54) is 25.7 Å². The number of nitrogens with zero attached hydrogens (tertiary/aromatic N) is 4. The van der Waals surface area contributed by atoms with Crippen molar-refractivity contribution in [3.63, 3.8) is 0 Å². The second-order valence-electron chi connectivity index (χ2n) is 7.21. The predicted octanol–water partition coefficient (Wildman–Crippen LogP) is 2.86. The maximum atomic E-state index is 11.1. The molecule has 0 bridgehead atoms. The number of tetrazole rings is 1. The van der Waals surface area contributed by atoms with Gasteiger partial charge < -0.3 is 5.11 Å². The van der Waals surface area contributed by atoms with Crippen LogP contribution < -0.4 is 0 Å². The molecule has 2 rings (SSSR count). The monoisotopic (exact) mass is 294 g/mol. The first kappa shape index (κ1) is 15.9. The summed E-state index contributed by atoms with van der Waals surface area (Å²) in [7, 11) is 0. The Balaban J connectivity index is 2.10. The topological polar surface area (TPSA) is 80.9 Å². The van der Waals surface area contributed by atoms with Crippen LogP contribution in [0.25, 0.3) is 0 Å². The first-order valence-electron chi connectivity index (χ1n) is 7.86. The smallest absolute Gasteiger partial charge is 0.305 e. The number of carbonyl (C=O) groups is 1. The third kappa shape index (κ3) is 4.25. The molecule has 1 unspecified atom stereocenters. The van der Waals surface area contributed by atoms with Crippen LogP contribution in [0.5, 0.6) is 0 Å². The van der Waals surface area contributed by atoms with Gasteiger partial charge >= 0.3 is 5.97 Å². The lowest BCUT2D eigenvalue weighted by Gasteiger charge is -2.30. The Morgan fingerprint density at radius 3 is 2.62 bits per heavy atom. The van der Waals surface area contributed by atoms with Crippen molar-refractivity contribution in [3.8, 4) is 0 Å². The van der Waals surface area contributed by atoms with E-state index in [2.05, 4.69) is 15.5 Å². The maximum absolute atomic E-state index is 11.1. The second-order valence-corrected chi connectivity index (χ2v) is 7.21. The van der Waals surface area contributed by atoms with Gasteiger partial charge in [-0.3, -0.25) is 4.79 Å². The normalized spacial score (nSPS) is 18.0. The molecule has 6 nitrogen and oxygen atoms in total. The molecule has 1 aliphatic carbocycles. The van der Waals surface area contributed by atoms with Gasteiger partial charge in [-0.15, -0.1) is 5.10 Å². The van der Waals surface area contributed by atoms with Crippen LogP contribution in [0.15, 0.2) is 0 Å². The first-order chi connectivity index (χ1) is 9.88. The SMILES string of the molecule is CC(C)(C)C(CC(=O)O)n1nnnc1CCC1CCCC1. The molecule has 1 saturated carbocycles. The van der Waals surface area contributed by atoms with E-state index in [0.717, 1.165) is 24.6 Å². The lowest BCUT2D eigenvalue weighted by atomic mass is 9.84. The van der Waals surface area contributed by atoms with Crippen molar-refractivity contribution in [3.05, 3.63) is 5.82 Å². The van der Waals surface area contributed by atoms with E-state index in [0.29, 0.717) is 0 Å². The summed E-state index contributed by atoms with van der Waals surface area (Å²) in [4.78, 5) is 11.1. The highest BCUT2D eigenvalue weighted by atomic mass is 16.4. The van der Waals surface area contributed by atoms with Gasteiger partial charge in [-0.25, -0.2) is 4.68 Å². The van der Waals surface area contributed by atoms with Crippen LogP contribution in [0.2, 0.25) is 0 Å². The van der Waals surface area contributed by atoms with Gasteiger partial charge in [0.2, 0.25) is 0 Å². The van der Waals surface area contributed by atoms with Gasteiger partial charge in [-0.1, -0.05) is 46.5 Å². The van der Waals surface area contributed by atoms with Gasteiger partial charge in [0, 0.05) is 6.42 Å². The molecule has 0 amide bonds. The maximum Gasteiger partial charge on any atom is 0.305 e. The van der Waals surface area contributed by atoms with Gasteiger partial charge in [-0.2, -0.15) is 0 Å². The van der Waals surface area contributed by atoms with Gasteiger partial charge in [0.05, 0.1) is 12.5 Å². The highest BCUT2D eigenvalue weighted by molar-refractivity contribution is 5.67. The molecule has 0 spiro atoms. The molecule has 1 heterocycles. The zero-order valence-corrected chi connectivity index (χ0v) is 13.2. The summed E-state index contributed by atoms with van der Waals surface area (Å²) in [6.45, 7) is 6.09. The number of aryl methyl sites for hydroxylation is 1. The Kier molecular flexibility index (Phi) is 4.96. The zero-order valence-electron chi connectivity index (χ0n) is 13.2. The van der Waals surface area contributed by atoms with Crippen LogP contribution in [0.3, 0.4) is 0 Å². The standard InChI is InChI=1S/C15H26N4O2/c1-15(2,3)12(10-14(20)21)19-13(16-17-18-19)9-8-11-6-4-5-7-11/h11-12H,4-10H2,1-3H3,(H,20,21). The molecule has 0 aliphatic heterocycles. The summed E-state index contributed by atoms with van der Waals surface area (Å²) in [5.41, 5.74) is -0.199. The van der Waals surface area contributed by atoms with Crippen LogP contribution in [0.4, 0.5) is 0 Å². The van der Waals surface area contributed by atoms with Crippen molar-refractivity contribution in [2.24, 2.45) is 11.3 Å². The van der Waals surface area contributed by atoms with Crippen molar-refractivity contribution >= 4 is 5.97 Å². The Hall–Kier alpha value is -1.46. The number of carboxylic acids is 1. The first-order valence-corrected chi connectivity index (χ1v) is 7.86. The van der Waals surface area contributed by atoms with Crippen LogP contribution >= 0.6 is 0 Å². The fraction of sp³-hybridized carbons (Fsp3) is 0.867. The highest BCUT2D eigenvalue weighted by Crippen LogP contribution is 2.34. The Bertz CT molecular complexity index is 472. The van der Waals surface area contributed by atoms with E-state index >= 15 is 0 Å². The van der Waals surface area contributed by atoms with E-state index < -0.39 is 5.97 Å². The minimum absolute atomic E-state index is 0.0466. The summed E-state index contributed by atoms with van der Waals surface area (Å²) in [6.07, 6.45) is 7.26. The third-order valence-electron chi connectivity index (χ3n) is 4.47. The molecule has 1 aliphatic rings. The molecular weight excluding hydrogens is 268 g/mol. The van der Waals surface area contributed by atoms with E-state index in [1.807, 2.05) is 20.8 Å². The molecule has 21 heavy (non-hydrogen) atoms. The quantitative estimate of drug-likeness (QED) is 0.872. The molecule has 0 aromatic carbocycles. The average molecular weight is 294 g/mol. The summed E-state index contributed by atoms with van der Waals surface area (Å²) in [5, 5.41) is 21.1. The van der Waals surface area contributed by atoms with E-state index in [4.69, 9.17) is 5.11 Å². The fourth-order valence-electron chi connectivity index (χ4n) is 3.18. The molecular formula is C15H26N4O2. The summed E-state index contributed by atoms with van der Waals surface area (Å²) >= 11 is 0. The largest absolute Gasteiger partial charge is 0.481 e. The van der Waals surface area contributed by atoms with E-state index in [9.17, 15) is 4.79 Å². The molecule has 1 aromatic heterocycles. The van der Waals surface area contributed by atoms with Crippen LogP contribution in [0.1, 0.15) is 71.2 Å². The van der Waals surface area contributed by atoms with Crippen molar-refractivity contribution in [1.82, 2.24) is 20.2 Å². The van der Waals surface area contributed by atoms with Gasteiger partial charge in [0.1, 0.15) is 0 Å². The molecule has 1 N–H and O–H groups in total. The number of rotatable bonds is 6. The fourth-order valence-corrected chi connectivity index (χ4v) is 3.18. The van der Waals surface area contributed by atoms with Crippen molar-refractivity contribution in [2.75, 3.05) is 0 Å². The summed E-state index contributed by atoms with van der Waals surface area (Å²) in [5.74, 6) is 0.790. The summed E-state index contributed by atoms with van der Waals surface area (Å²) < 4.78 is 1.74. The Morgan fingerprint density at radius 1 is 1.38 bits per heavy atom. The predicted molar refractivity (Wildman–Crippen MR) is 78.8 cm³/mol. The van der Waals surface area contributed by atoms with Crippen molar-refractivity contribution < 1.29 is 9.90 Å². The minimum atomic E-state index is -0.813. The third-order valence-corrected chi connectivity index (χ3v) is 4.47. The molecule has 0 radical (unpaired) electrons. The lowest BCUT2D eigenvalue weighted by molar-refractivity contribution is -0.138. The minimum Gasteiger partial charge on any atom is -0.481 e. The van der Waals surface area contributed by atoms with Gasteiger partial charge in [0.25, 0.3) is 0 Å². The average Bonchev–Trinajstić information content (AvgIpc) is 3.03. The Labute approximate surface area is 125 Å². The van der Waals surface area contributed by atoms with E-state index in [1.54, 1.807) is 4.68 Å².